The van der Waals surface area contributed by atoms with Crippen molar-refractivity contribution in [3.63, 3.8) is 0 Å². The summed E-state index contributed by atoms with van der Waals surface area (Å²) in [5, 5.41) is 1.33. The van der Waals surface area contributed by atoms with E-state index in [4.69, 9.17) is 9.47 Å². The molecule has 0 saturated heterocycles. The van der Waals surface area contributed by atoms with Gasteiger partial charge in [-0.2, -0.15) is 0 Å². The summed E-state index contributed by atoms with van der Waals surface area (Å²) >= 11 is 0. The van der Waals surface area contributed by atoms with Crippen LogP contribution in [0.15, 0.2) is 42.6 Å². The molecule has 0 fully saturated rings. The van der Waals surface area contributed by atoms with Gasteiger partial charge < -0.3 is 9.47 Å². The third-order valence-electron chi connectivity index (χ3n) is 3.56. The lowest BCUT2D eigenvalue weighted by Gasteiger charge is -2.31. The topological polar surface area (TPSA) is 31.4 Å². The first kappa shape index (κ1) is 14.3. The fourth-order valence-corrected chi connectivity index (χ4v) is 5.70. The first-order valence-corrected chi connectivity index (χ1v) is 8.47. The summed E-state index contributed by atoms with van der Waals surface area (Å²) in [6.45, 7) is 6.79. The Morgan fingerprint density at radius 1 is 1.14 bits per heavy atom. The average molecular weight is 301 g/mol. The summed E-state index contributed by atoms with van der Waals surface area (Å²) in [5.74, 6) is 1.85. The van der Waals surface area contributed by atoms with E-state index in [-0.39, 0.29) is 11.0 Å². The van der Waals surface area contributed by atoms with E-state index in [0.717, 1.165) is 17.2 Å². The Hall–Kier alpha value is -1.60. The molecular formula is C17H20NO2P. The Morgan fingerprint density at radius 3 is 2.57 bits per heavy atom. The van der Waals surface area contributed by atoms with Crippen LogP contribution in [0.25, 0.3) is 0 Å². The number of hydrogen-bond donors (Lipinski definition) is 0. The fraction of sp³-hybridized carbons (Fsp3) is 0.353. The van der Waals surface area contributed by atoms with Gasteiger partial charge in [0.15, 0.2) is 5.85 Å². The number of aromatic nitrogens is 1. The molecule has 0 saturated carbocycles. The average Bonchev–Trinajstić information content (AvgIpc) is 2.87. The molecule has 0 bridgehead atoms. The van der Waals surface area contributed by atoms with Crippen molar-refractivity contribution < 1.29 is 9.47 Å². The van der Waals surface area contributed by atoms with E-state index in [1.54, 1.807) is 7.11 Å². The van der Waals surface area contributed by atoms with Crippen molar-refractivity contribution in [2.75, 3.05) is 7.11 Å². The van der Waals surface area contributed by atoms with Crippen molar-refractivity contribution in [3.05, 3.63) is 48.3 Å². The Labute approximate surface area is 127 Å². The third-order valence-corrected chi connectivity index (χ3v) is 6.77. The summed E-state index contributed by atoms with van der Waals surface area (Å²) in [7, 11) is 1.14. The SMILES string of the molecule is COc1cccc2c1[P@@](C(C)(C)C)[C@H](c1ccccn1)O2. The van der Waals surface area contributed by atoms with E-state index in [9.17, 15) is 0 Å². The van der Waals surface area contributed by atoms with E-state index in [0.29, 0.717) is 0 Å². The van der Waals surface area contributed by atoms with Crippen LogP contribution in [-0.4, -0.2) is 17.2 Å². The predicted octanol–water partition coefficient (Wildman–Crippen LogP) is 4.09. The van der Waals surface area contributed by atoms with Crippen LogP contribution in [0.5, 0.6) is 11.5 Å². The molecule has 0 unspecified atom stereocenters. The molecule has 0 aliphatic carbocycles. The lowest BCUT2D eigenvalue weighted by atomic mass is 10.3. The molecule has 2 atom stereocenters. The normalized spacial score (nSPS) is 20.8. The molecule has 3 rings (SSSR count). The zero-order valence-electron chi connectivity index (χ0n) is 12.8. The molecule has 0 spiro atoms. The Bertz CT molecular complexity index is 637. The Kier molecular flexibility index (Phi) is 3.62. The van der Waals surface area contributed by atoms with Crippen molar-refractivity contribution >= 4 is 13.2 Å². The van der Waals surface area contributed by atoms with E-state index >= 15 is 0 Å². The number of ether oxygens (including phenoxy) is 2. The molecule has 2 aromatic rings. The first-order chi connectivity index (χ1) is 10.0. The Balaban J connectivity index is 2.14. The molecule has 0 radical (unpaired) electrons. The van der Waals surface area contributed by atoms with Crippen LogP contribution in [-0.2, 0) is 0 Å². The molecule has 1 aromatic heterocycles. The van der Waals surface area contributed by atoms with Crippen LogP contribution < -0.4 is 14.8 Å². The molecule has 3 nitrogen and oxygen atoms in total. The van der Waals surface area contributed by atoms with E-state index in [1.165, 1.54) is 5.30 Å². The third kappa shape index (κ3) is 2.51. The van der Waals surface area contributed by atoms with E-state index in [1.807, 2.05) is 42.6 Å². The standard InChI is InChI=1S/C17H20NO2P/c1-17(2,3)21-15-13(19-4)9-7-10-14(15)20-16(21)12-8-5-6-11-18-12/h5-11,16H,1-4H3/t16-,21-/m1/s1. The summed E-state index contributed by atoms with van der Waals surface area (Å²) in [4.78, 5) is 4.51. The summed E-state index contributed by atoms with van der Waals surface area (Å²) < 4.78 is 11.8. The fourth-order valence-electron chi connectivity index (χ4n) is 2.69. The Morgan fingerprint density at radius 2 is 1.95 bits per heavy atom. The number of rotatable bonds is 2. The molecule has 1 aliphatic heterocycles. The highest BCUT2D eigenvalue weighted by Gasteiger charge is 2.44. The van der Waals surface area contributed by atoms with Crippen LogP contribution in [0.1, 0.15) is 32.3 Å². The molecule has 21 heavy (non-hydrogen) atoms. The van der Waals surface area contributed by atoms with Crippen LogP contribution in [0.2, 0.25) is 0 Å². The van der Waals surface area contributed by atoms with Crippen LogP contribution >= 0.6 is 7.92 Å². The molecule has 110 valence electrons. The highest BCUT2D eigenvalue weighted by atomic mass is 31.1. The lowest BCUT2D eigenvalue weighted by Crippen LogP contribution is -2.21. The van der Waals surface area contributed by atoms with Gasteiger partial charge >= 0.3 is 0 Å². The number of fused-ring (bicyclic) bond motifs is 1. The van der Waals surface area contributed by atoms with Crippen LogP contribution in [0.3, 0.4) is 0 Å². The van der Waals surface area contributed by atoms with Gasteiger partial charge in [0.2, 0.25) is 0 Å². The largest absolute Gasteiger partial charge is 0.496 e. The van der Waals surface area contributed by atoms with Gasteiger partial charge in [0.25, 0.3) is 0 Å². The van der Waals surface area contributed by atoms with Gasteiger partial charge in [0.05, 0.1) is 18.1 Å². The molecule has 2 heterocycles. The van der Waals surface area contributed by atoms with Crippen molar-refractivity contribution in [3.8, 4) is 11.5 Å². The second-order valence-electron chi connectivity index (χ2n) is 6.07. The van der Waals surface area contributed by atoms with Gasteiger partial charge in [-0.1, -0.05) is 32.9 Å². The maximum atomic E-state index is 6.26. The van der Waals surface area contributed by atoms with Crippen molar-refractivity contribution in [1.82, 2.24) is 4.98 Å². The molecule has 0 N–H and O–H groups in total. The van der Waals surface area contributed by atoms with Gasteiger partial charge in [-0.25, -0.2) is 0 Å². The summed E-state index contributed by atoms with van der Waals surface area (Å²) in [6, 6.07) is 12.0. The zero-order chi connectivity index (χ0) is 15.0. The second-order valence-corrected chi connectivity index (χ2v) is 9.07. The van der Waals surface area contributed by atoms with Gasteiger partial charge in [0.1, 0.15) is 11.5 Å². The van der Waals surface area contributed by atoms with E-state index < -0.39 is 7.92 Å². The summed E-state index contributed by atoms with van der Waals surface area (Å²) in [6.07, 6.45) is 1.83. The predicted molar refractivity (Wildman–Crippen MR) is 86.9 cm³/mol. The molecule has 1 aliphatic rings. The number of methoxy groups -OCH3 is 1. The van der Waals surface area contributed by atoms with Crippen molar-refractivity contribution in [2.45, 2.75) is 31.8 Å². The first-order valence-electron chi connectivity index (χ1n) is 7.06. The zero-order valence-corrected chi connectivity index (χ0v) is 13.7. The minimum absolute atomic E-state index is 0.00694. The minimum atomic E-state index is -0.578. The monoisotopic (exact) mass is 301 g/mol. The smallest absolute Gasteiger partial charge is 0.163 e. The highest BCUT2D eigenvalue weighted by Crippen LogP contribution is 2.65. The second kappa shape index (κ2) is 5.31. The van der Waals surface area contributed by atoms with Crippen molar-refractivity contribution in [2.24, 2.45) is 0 Å². The summed E-state index contributed by atoms with van der Waals surface area (Å²) in [5.41, 5.74) is 0.997. The van der Waals surface area contributed by atoms with Gasteiger partial charge in [0, 0.05) is 6.20 Å². The van der Waals surface area contributed by atoms with Gasteiger partial charge in [-0.15, -0.1) is 0 Å². The quantitative estimate of drug-likeness (QED) is 0.783. The van der Waals surface area contributed by atoms with Crippen LogP contribution in [0.4, 0.5) is 0 Å². The van der Waals surface area contributed by atoms with Gasteiger partial charge in [-0.05, 0) is 37.3 Å². The molecular weight excluding hydrogens is 281 g/mol. The minimum Gasteiger partial charge on any atom is -0.496 e. The molecule has 0 amide bonds. The molecule has 4 heteroatoms. The number of pyridine rings is 1. The highest BCUT2D eigenvalue weighted by molar-refractivity contribution is 7.68. The van der Waals surface area contributed by atoms with Crippen molar-refractivity contribution in [1.29, 1.82) is 0 Å². The number of benzene rings is 1. The van der Waals surface area contributed by atoms with E-state index in [2.05, 4.69) is 25.8 Å². The van der Waals surface area contributed by atoms with Gasteiger partial charge in [-0.3, -0.25) is 4.98 Å². The maximum Gasteiger partial charge on any atom is 0.163 e. The maximum absolute atomic E-state index is 6.26. The molecule has 1 aromatic carbocycles. The van der Waals surface area contributed by atoms with Crippen LogP contribution in [0, 0.1) is 0 Å². The number of nitrogens with zero attached hydrogens (tertiary/aromatic N) is 1. The lowest BCUT2D eigenvalue weighted by molar-refractivity contribution is 0.294. The number of hydrogen-bond acceptors (Lipinski definition) is 3.